The first kappa shape index (κ1) is 12.9. The maximum atomic E-state index is 5.65. The van der Waals surface area contributed by atoms with E-state index in [4.69, 9.17) is 5.73 Å². The predicted molar refractivity (Wildman–Crippen MR) is 80.1 cm³/mol. The molecular formula is C16H22N2. The highest BCUT2D eigenvalue weighted by Gasteiger charge is 2.04. The molecule has 2 N–H and O–H groups in total. The fourth-order valence-corrected chi connectivity index (χ4v) is 2.08. The zero-order chi connectivity index (χ0) is 13.0. The highest BCUT2D eigenvalue weighted by Crippen LogP contribution is 2.21. The summed E-state index contributed by atoms with van der Waals surface area (Å²) < 4.78 is 0. The highest BCUT2D eigenvalue weighted by atomic mass is 15.1. The van der Waals surface area contributed by atoms with Crippen molar-refractivity contribution < 1.29 is 0 Å². The molecular weight excluding hydrogens is 220 g/mol. The molecule has 0 amide bonds. The zero-order valence-corrected chi connectivity index (χ0v) is 11.3. The van der Waals surface area contributed by atoms with Gasteiger partial charge in [0.25, 0.3) is 0 Å². The summed E-state index contributed by atoms with van der Waals surface area (Å²) in [6.45, 7) is 4.02. The summed E-state index contributed by atoms with van der Waals surface area (Å²) in [5.74, 6) is 0.591. The molecule has 0 bridgehead atoms. The molecule has 0 saturated heterocycles. The molecule has 2 rings (SSSR count). The lowest BCUT2D eigenvalue weighted by Gasteiger charge is -2.21. The number of benzene rings is 2. The van der Waals surface area contributed by atoms with Gasteiger partial charge in [-0.25, -0.2) is 0 Å². The highest BCUT2D eigenvalue weighted by molar-refractivity contribution is 5.85. The lowest BCUT2D eigenvalue weighted by Crippen LogP contribution is -2.22. The van der Waals surface area contributed by atoms with Crippen LogP contribution in [0.1, 0.15) is 13.3 Å². The molecule has 0 radical (unpaired) electrons. The number of nitrogens with two attached hydrogens (primary N) is 1. The van der Waals surface area contributed by atoms with Gasteiger partial charge in [0, 0.05) is 19.3 Å². The number of nitrogens with zero attached hydrogens (tertiary/aromatic N) is 1. The van der Waals surface area contributed by atoms with Crippen LogP contribution in [0.3, 0.4) is 0 Å². The fourth-order valence-electron chi connectivity index (χ4n) is 2.08. The summed E-state index contributed by atoms with van der Waals surface area (Å²) in [5.41, 5.74) is 6.93. The minimum atomic E-state index is 0.591. The average Bonchev–Trinajstić information content (AvgIpc) is 2.43. The van der Waals surface area contributed by atoms with E-state index in [0.717, 1.165) is 19.5 Å². The first-order chi connectivity index (χ1) is 8.70. The molecule has 2 aromatic carbocycles. The first-order valence-corrected chi connectivity index (χ1v) is 6.60. The third kappa shape index (κ3) is 3.02. The monoisotopic (exact) mass is 242 g/mol. The Morgan fingerprint density at radius 3 is 2.56 bits per heavy atom. The van der Waals surface area contributed by atoms with Crippen molar-refractivity contribution in [1.29, 1.82) is 0 Å². The van der Waals surface area contributed by atoms with Crippen molar-refractivity contribution in [3.8, 4) is 0 Å². The Labute approximate surface area is 109 Å². The zero-order valence-electron chi connectivity index (χ0n) is 11.3. The molecule has 0 saturated carbocycles. The third-order valence-corrected chi connectivity index (χ3v) is 3.53. The van der Waals surface area contributed by atoms with Gasteiger partial charge in [-0.2, -0.15) is 0 Å². The number of hydrogen-bond acceptors (Lipinski definition) is 2. The minimum Gasteiger partial charge on any atom is -0.375 e. The fraction of sp³-hybridized carbons (Fsp3) is 0.375. The molecule has 0 fully saturated rings. The standard InChI is InChI=1S/C16H22N2/c1-13(12-17)9-10-18(2)16-8-7-14-5-3-4-6-15(14)11-16/h3-8,11,13H,9-10,12,17H2,1-2H3. The van der Waals surface area contributed by atoms with Crippen molar-refractivity contribution >= 4 is 16.5 Å². The van der Waals surface area contributed by atoms with Gasteiger partial charge in [0.1, 0.15) is 0 Å². The molecule has 96 valence electrons. The smallest absolute Gasteiger partial charge is 0.0370 e. The van der Waals surface area contributed by atoms with Gasteiger partial charge >= 0.3 is 0 Å². The molecule has 0 aliphatic rings. The van der Waals surface area contributed by atoms with Crippen LogP contribution >= 0.6 is 0 Å². The summed E-state index contributed by atoms with van der Waals surface area (Å²) in [7, 11) is 2.15. The van der Waals surface area contributed by atoms with E-state index in [-0.39, 0.29) is 0 Å². The topological polar surface area (TPSA) is 29.3 Å². The van der Waals surface area contributed by atoms with Crippen LogP contribution in [0.5, 0.6) is 0 Å². The second kappa shape index (κ2) is 5.87. The van der Waals surface area contributed by atoms with Gasteiger partial charge in [0.15, 0.2) is 0 Å². The molecule has 0 aliphatic carbocycles. The number of fused-ring (bicyclic) bond motifs is 1. The molecule has 2 heteroatoms. The predicted octanol–water partition coefficient (Wildman–Crippen LogP) is 3.26. The Morgan fingerprint density at radius 1 is 1.11 bits per heavy atom. The second-order valence-electron chi connectivity index (χ2n) is 5.08. The summed E-state index contributed by atoms with van der Waals surface area (Å²) >= 11 is 0. The van der Waals surface area contributed by atoms with Crippen molar-refractivity contribution in [1.82, 2.24) is 0 Å². The van der Waals surface area contributed by atoms with Gasteiger partial charge in [0.2, 0.25) is 0 Å². The van der Waals surface area contributed by atoms with Crippen molar-refractivity contribution in [3.05, 3.63) is 42.5 Å². The van der Waals surface area contributed by atoms with Crippen molar-refractivity contribution in [2.24, 2.45) is 11.7 Å². The Morgan fingerprint density at radius 2 is 1.83 bits per heavy atom. The molecule has 2 aromatic rings. The molecule has 0 aromatic heterocycles. The van der Waals surface area contributed by atoms with E-state index in [1.54, 1.807) is 0 Å². The minimum absolute atomic E-state index is 0.591. The van der Waals surface area contributed by atoms with Gasteiger partial charge in [0.05, 0.1) is 0 Å². The Kier molecular flexibility index (Phi) is 4.21. The molecule has 2 nitrogen and oxygen atoms in total. The van der Waals surface area contributed by atoms with E-state index in [1.807, 2.05) is 0 Å². The quantitative estimate of drug-likeness (QED) is 0.872. The van der Waals surface area contributed by atoms with E-state index < -0.39 is 0 Å². The van der Waals surface area contributed by atoms with Crippen LogP contribution in [0, 0.1) is 5.92 Å². The van der Waals surface area contributed by atoms with Gasteiger partial charge < -0.3 is 10.6 Å². The summed E-state index contributed by atoms with van der Waals surface area (Å²) in [6, 6.07) is 15.1. The Hall–Kier alpha value is -1.54. The molecule has 0 aliphatic heterocycles. The maximum Gasteiger partial charge on any atom is 0.0370 e. The average molecular weight is 242 g/mol. The molecule has 1 atom stereocenters. The maximum absolute atomic E-state index is 5.65. The summed E-state index contributed by atoms with van der Waals surface area (Å²) in [4.78, 5) is 2.30. The number of rotatable bonds is 5. The van der Waals surface area contributed by atoms with E-state index >= 15 is 0 Å². The SMILES string of the molecule is CC(CN)CCN(C)c1ccc2ccccc2c1. The third-order valence-electron chi connectivity index (χ3n) is 3.53. The van der Waals surface area contributed by atoms with Gasteiger partial charge in [-0.1, -0.05) is 37.3 Å². The van der Waals surface area contributed by atoms with Crippen LogP contribution in [0.2, 0.25) is 0 Å². The van der Waals surface area contributed by atoms with Crippen molar-refractivity contribution in [3.63, 3.8) is 0 Å². The van der Waals surface area contributed by atoms with Crippen LogP contribution in [-0.4, -0.2) is 20.1 Å². The lowest BCUT2D eigenvalue weighted by atomic mass is 10.1. The van der Waals surface area contributed by atoms with E-state index in [2.05, 4.69) is 61.3 Å². The van der Waals surface area contributed by atoms with E-state index in [0.29, 0.717) is 5.92 Å². The largest absolute Gasteiger partial charge is 0.375 e. The number of anilines is 1. The molecule has 0 heterocycles. The molecule has 18 heavy (non-hydrogen) atoms. The Bertz CT molecular complexity index is 507. The lowest BCUT2D eigenvalue weighted by molar-refractivity contribution is 0.545. The first-order valence-electron chi connectivity index (χ1n) is 6.60. The molecule has 1 unspecified atom stereocenters. The van der Waals surface area contributed by atoms with Crippen LogP contribution in [0.15, 0.2) is 42.5 Å². The molecule has 0 spiro atoms. The summed E-state index contributed by atoms with van der Waals surface area (Å²) in [5, 5.41) is 2.60. The number of hydrogen-bond donors (Lipinski definition) is 1. The van der Waals surface area contributed by atoms with Crippen molar-refractivity contribution in [2.75, 3.05) is 25.0 Å². The van der Waals surface area contributed by atoms with Crippen LogP contribution in [0.4, 0.5) is 5.69 Å². The van der Waals surface area contributed by atoms with Gasteiger partial charge in [-0.3, -0.25) is 0 Å². The summed E-state index contributed by atoms with van der Waals surface area (Å²) in [6.07, 6.45) is 1.14. The van der Waals surface area contributed by atoms with Gasteiger partial charge in [-0.05, 0) is 41.8 Å². The van der Waals surface area contributed by atoms with E-state index in [9.17, 15) is 0 Å². The van der Waals surface area contributed by atoms with E-state index in [1.165, 1.54) is 16.5 Å². The Balaban J connectivity index is 2.10. The second-order valence-corrected chi connectivity index (χ2v) is 5.08. The van der Waals surface area contributed by atoms with Crippen LogP contribution < -0.4 is 10.6 Å². The van der Waals surface area contributed by atoms with Gasteiger partial charge in [-0.15, -0.1) is 0 Å². The van der Waals surface area contributed by atoms with Crippen LogP contribution in [-0.2, 0) is 0 Å². The normalized spacial score (nSPS) is 12.6. The van der Waals surface area contributed by atoms with Crippen molar-refractivity contribution in [2.45, 2.75) is 13.3 Å². The van der Waals surface area contributed by atoms with Crippen LogP contribution in [0.25, 0.3) is 10.8 Å².